The van der Waals surface area contributed by atoms with Crippen LogP contribution in [0.25, 0.3) is 11.3 Å². The van der Waals surface area contributed by atoms with Crippen molar-refractivity contribution in [2.45, 2.75) is 6.92 Å². The van der Waals surface area contributed by atoms with Crippen molar-refractivity contribution < 1.29 is 23.5 Å². The minimum Gasteiger partial charge on any atom is -0.465 e. The number of carbonyl (C=O) groups is 3. The molecule has 0 fully saturated rings. The Morgan fingerprint density at radius 3 is 2.47 bits per heavy atom. The number of amides is 2. The smallest absolute Gasteiger partial charge is 0.337 e. The van der Waals surface area contributed by atoms with Crippen molar-refractivity contribution in [1.29, 1.82) is 0 Å². The molecule has 1 heterocycles. The molecular formula is C22H19N3O5. The fourth-order valence-corrected chi connectivity index (χ4v) is 2.63. The van der Waals surface area contributed by atoms with Gasteiger partial charge in [0.05, 0.1) is 18.9 Å². The Bertz CT molecular complexity index is 1100. The molecule has 0 bridgehead atoms. The molecule has 0 aliphatic heterocycles. The van der Waals surface area contributed by atoms with Gasteiger partial charge < -0.3 is 14.5 Å². The van der Waals surface area contributed by atoms with E-state index in [0.29, 0.717) is 28.3 Å². The second kappa shape index (κ2) is 9.33. The average Bonchev–Trinajstić information content (AvgIpc) is 3.22. The van der Waals surface area contributed by atoms with Gasteiger partial charge in [-0.05, 0) is 42.5 Å². The van der Waals surface area contributed by atoms with Crippen molar-refractivity contribution in [1.82, 2.24) is 5.43 Å². The number of carbonyl (C=O) groups excluding carboxylic acids is 3. The highest BCUT2D eigenvalue weighted by molar-refractivity contribution is 5.97. The van der Waals surface area contributed by atoms with Gasteiger partial charge in [0, 0.05) is 23.7 Å². The quantitative estimate of drug-likeness (QED) is 0.371. The molecule has 0 aliphatic rings. The molecule has 152 valence electrons. The Balaban J connectivity index is 1.62. The third kappa shape index (κ3) is 5.20. The van der Waals surface area contributed by atoms with E-state index in [1.165, 1.54) is 20.2 Å². The normalized spacial score (nSPS) is 10.6. The third-order valence-electron chi connectivity index (χ3n) is 4.02. The molecule has 0 atom stereocenters. The molecule has 30 heavy (non-hydrogen) atoms. The number of nitrogens with zero attached hydrogens (tertiary/aromatic N) is 1. The molecule has 0 saturated carbocycles. The Labute approximate surface area is 172 Å². The monoisotopic (exact) mass is 405 g/mol. The highest BCUT2D eigenvalue weighted by Crippen LogP contribution is 2.22. The number of nitrogens with one attached hydrogen (secondary N) is 2. The zero-order valence-electron chi connectivity index (χ0n) is 16.3. The maximum Gasteiger partial charge on any atom is 0.337 e. The van der Waals surface area contributed by atoms with Crippen molar-refractivity contribution in [3.05, 3.63) is 77.6 Å². The Morgan fingerprint density at radius 1 is 1.00 bits per heavy atom. The molecule has 0 spiro atoms. The fraction of sp³-hybridized carbons (Fsp3) is 0.0909. The van der Waals surface area contributed by atoms with E-state index in [-0.39, 0.29) is 5.91 Å². The Hall–Kier alpha value is -4.20. The van der Waals surface area contributed by atoms with E-state index in [2.05, 4.69) is 20.6 Å². The molecule has 2 aromatic carbocycles. The number of hydrogen-bond acceptors (Lipinski definition) is 6. The minimum atomic E-state index is -0.427. The standard InChI is InChI=1S/C22H19N3O5/c1-14(26)24-18-5-3-4-17(12-18)21(27)25-23-13-19-10-11-20(30-19)15-6-8-16(9-7-15)22(28)29-2/h3-13H,1-2H3,(H,24,26)(H,25,27). The molecule has 0 saturated heterocycles. The van der Waals surface area contributed by atoms with Crippen LogP contribution in [-0.2, 0) is 9.53 Å². The van der Waals surface area contributed by atoms with Crippen LogP contribution in [-0.4, -0.2) is 31.1 Å². The van der Waals surface area contributed by atoms with Crippen LogP contribution in [0.15, 0.2) is 70.2 Å². The number of ether oxygens (including phenoxy) is 1. The van der Waals surface area contributed by atoms with Gasteiger partial charge in [-0.1, -0.05) is 18.2 Å². The van der Waals surface area contributed by atoms with Crippen molar-refractivity contribution in [2.75, 3.05) is 12.4 Å². The largest absolute Gasteiger partial charge is 0.465 e. The van der Waals surface area contributed by atoms with E-state index in [1.807, 2.05) is 0 Å². The van der Waals surface area contributed by atoms with Crippen LogP contribution in [0, 0.1) is 0 Å². The van der Waals surface area contributed by atoms with Crippen LogP contribution < -0.4 is 10.7 Å². The summed E-state index contributed by atoms with van der Waals surface area (Å²) in [6.07, 6.45) is 1.38. The highest BCUT2D eigenvalue weighted by Gasteiger charge is 2.08. The molecule has 2 N–H and O–H groups in total. The van der Waals surface area contributed by atoms with Crippen molar-refractivity contribution in [2.24, 2.45) is 5.10 Å². The van der Waals surface area contributed by atoms with Crippen LogP contribution in [0.3, 0.4) is 0 Å². The second-order valence-electron chi connectivity index (χ2n) is 6.23. The number of furan rings is 1. The maximum atomic E-state index is 12.2. The van der Waals surface area contributed by atoms with Gasteiger partial charge >= 0.3 is 5.97 Å². The average molecular weight is 405 g/mol. The topological polar surface area (TPSA) is 110 Å². The first-order chi connectivity index (χ1) is 14.5. The number of methoxy groups -OCH3 is 1. The van der Waals surface area contributed by atoms with Crippen LogP contribution >= 0.6 is 0 Å². The summed E-state index contributed by atoms with van der Waals surface area (Å²) in [7, 11) is 1.33. The zero-order valence-corrected chi connectivity index (χ0v) is 16.3. The van der Waals surface area contributed by atoms with Gasteiger partial charge in [-0.25, -0.2) is 10.2 Å². The summed E-state index contributed by atoms with van der Waals surface area (Å²) in [6, 6.07) is 16.8. The summed E-state index contributed by atoms with van der Waals surface area (Å²) in [5.74, 6) is -0.0357. The van der Waals surface area contributed by atoms with Gasteiger partial charge in [0.25, 0.3) is 5.91 Å². The first-order valence-corrected chi connectivity index (χ1v) is 8.96. The number of benzene rings is 2. The lowest BCUT2D eigenvalue weighted by atomic mass is 10.1. The predicted octanol–water partition coefficient (Wildman–Crippen LogP) is 3.46. The van der Waals surface area contributed by atoms with Gasteiger partial charge in [0.1, 0.15) is 11.5 Å². The van der Waals surface area contributed by atoms with Crippen LogP contribution in [0.4, 0.5) is 5.69 Å². The van der Waals surface area contributed by atoms with Crippen molar-refractivity contribution in [3.8, 4) is 11.3 Å². The summed E-state index contributed by atoms with van der Waals surface area (Å²) in [5.41, 5.74) is 4.51. The van der Waals surface area contributed by atoms with E-state index in [0.717, 1.165) is 5.56 Å². The molecule has 3 rings (SSSR count). The minimum absolute atomic E-state index is 0.223. The molecule has 8 nitrogen and oxygen atoms in total. The van der Waals surface area contributed by atoms with E-state index in [1.54, 1.807) is 60.7 Å². The summed E-state index contributed by atoms with van der Waals surface area (Å²) in [6.45, 7) is 1.39. The molecular weight excluding hydrogens is 386 g/mol. The molecule has 8 heteroatoms. The predicted molar refractivity (Wildman–Crippen MR) is 111 cm³/mol. The summed E-state index contributed by atoms with van der Waals surface area (Å²) < 4.78 is 10.4. The van der Waals surface area contributed by atoms with E-state index >= 15 is 0 Å². The SMILES string of the molecule is COC(=O)c1ccc(-c2ccc(C=NNC(=O)c3cccc(NC(C)=O)c3)o2)cc1. The molecule has 3 aromatic rings. The Morgan fingerprint density at radius 2 is 1.77 bits per heavy atom. The lowest BCUT2D eigenvalue weighted by molar-refractivity contribution is -0.114. The van der Waals surface area contributed by atoms with Gasteiger partial charge in [0.2, 0.25) is 5.91 Å². The lowest BCUT2D eigenvalue weighted by Gasteiger charge is -2.04. The first kappa shape index (κ1) is 20.5. The van der Waals surface area contributed by atoms with Crippen LogP contribution in [0.2, 0.25) is 0 Å². The first-order valence-electron chi connectivity index (χ1n) is 8.96. The fourth-order valence-electron chi connectivity index (χ4n) is 2.63. The maximum absolute atomic E-state index is 12.2. The van der Waals surface area contributed by atoms with Gasteiger partial charge in [0.15, 0.2) is 0 Å². The number of rotatable bonds is 6. The number of esters is 1. The molecule has 0 radical (unpaired) electrons. The van der Waals surface area contributed by atoms with E-state index < -0.39 is 11.9 Å². The van der Waals surface area contributed by atoms with Gasteiger partial charge in [-0.15, -0.1) is 0 Å². The van der Waals surface area contributed by atoms with Crippen molar-refractivity contribution in [3.63, 3.8) is 0 Å². The lowest BCUT2D eigenvalue weighted by Crippen LogP contribution is -2.18. The van der Waals surface area contributed by atoms with Gasteiger partial charge in [-0.2, -0.15) is 5.10 Å². The van der Waals surface area contributed by atoms with E-state index in [9.17, 15) is 14.4 Å². The molecule has 0 unspecified atom stereocenters. The van der Waals surface area contributed by atoms with Crippen LogP contribution in [0.5, 0.6) is 0 Å². The highest BCUT2D eigenvalue weighted by atomic mass is 16.5. The van der Waals surface area contributed by atoms with Crippen LogP contribution in [0.1, 0.15) is 33.4 Å². The molecule has 1 aromatic heterocycles. The third-order valence-corrected chi connectivity index (χ3v) is 4.02. The number of hydrogen-bond donors (Lipinski definition) is 2. The molecule has 2 amide bonds. The second-order valence-corrected chi connectivity index (χ2v) is 6.23. The van der Waals surface area contributed by atoms with Crippen molar-refractivity contribution >= 4 is 29.7 Å². The van der Waals surface area contributed by atoms with E-state index in [4.69, 9.17) is 4.42 Å². The number of anilines is 1. The molecule has 0 aliphatic carbocycles. The summed E-state index contributed by atoms with van der Waals surface area (Å²) in [4.78, 5) is 34.8. The number of hydrazone groups is 1. The summed E-state index contributed by atoms with van der Waals surface area (Å²) in [5, 5.41) is 6.51. The Kier molecular flexibility index (Phi) is 6.39. The van der Waals surface area contributed by atoms with Gasteiger partial charge in [-0.3, -0.25) is 9.59 Å². The zero-order chi connectivity index (χ0) is 21.5. The summed E-state index contributed by atoms with van der Waals surface area (Å²) >= 11 is 0.